The molecule has 2 aromatic carbocycles. The van der Waals surface area contributed by atoms with E-state index in [1.54, 1.807) is 0 Å². The van der Waals surface area contributed by atoms with Gasteiger partial charge in [-0.15, -0.1) is 0 Å². The molecular formula is C20H25NO. The molecule has 2 nitrogen and oxygen atoms in total. The van der Waals surface area contributed by atoms with Crippen molar-refractivity contribution in [3.05, 3.63) is 54.6 Å². The van der Waals surface area contributed by atoms with E-state index < -0.39 is 0 Å². The molecule has 0 unspecified atom stereocenters. The van der Waals surface area contributed by atoms with Gasteiger partial charge in [-0.3, -0.25) is 0 Å². The number of benzene rings is 2. The average Bonchev–Trinajstić information content (AvgIpc) is 2.58. The highest BCUT2D eigenvalue weighted by molar-refractivity contribution is 5.47. The second-order valence-electron chi connectivity index (χ2n) is 6.16. The first kappa shape index (κ1) is 15.0. The van der Waals surface area contributed by atoms with E-state index in [1.165, 1.54) is 44.2 Å². The van der Waals surface area contributed by atoms with Crippen LogP contribution in [0.25, 0.3) is 0 Å². The minimum absolute atomic E-state index is 0.875. The van der Waals surface area contributed by atoms with Crippen molar-refractivity contribution < 1.29 is 4.74 Å². The Morgan fingerprint density at radius 2 is 1.50 bits per heavy atom. The molecular weight excluding hydrogens is 270 g/mol. The number of rotatable bonds is 6. The Kier molecular flexibility index (Phi) is 5.36. The van der Waals surface area contributed by atoms with E-state index in [1.807, 2.05) is 42.5 Å². The van der Waals surface area contributed by atoms with E-state index in [2.05, 4.69) is 17.4 Å². The van der Waals surface area contributed by atoms with Crippen molar-refractivity contribution in [1.29, 1.82) is 0 Å². The number of hydrogen-bond acceptors (Lipinski definition) is 2. The third-order valence-electron chi connectivity index (χ3n) is 4.44. The number of para-hydroxylation sites is 1. The van der Waals surface area contributed by atoms with Crippen LogP contribution in [0.3, 0.4) is 0 Å². The van der Waals surface area contributed by atoms with Gasteiger partial charge in [-0.1, -0.05) is 50.3 Å². The molecule has 0 aromatic heterocycles. The summed E-state index contributed by atoms with van der Waals surface area (Å²) in [7, 11) is 0. The molecule has 0 saturated heterocycles. The van der Waals surface area contributed by atoms with Gasteiger partial charge in [0, 0.05) is 12.2 Å². The van der Waals surface area contributed by atoms with E-state index in [0.717, 1.165) is 24.0 Å². The Morgan fingerprint density at radius 3 is 2.23 bits per heavy atom. The predicted octanol–water partition coefficient (Wildman–Crippen LogP) is 5.86. The summed E-state index contributed by atoms with van der Waals surface area (Å²) in [5.74, 6) is 2.69. The number of ether oxygens (including phenoxy) is 1. The quantitative estimate of drug-likeness (QED) is 0.720. The van der Waals surface area contributed by atoms with Gasteiger partial charge in [-0.25, -0.2) is 0 Å². The highest BCUT2D eigenvalue weighted by Crippen LogP contribution is 2.26. The van der Waals surface area contributed by atoms with Gasteiger partial charge < -0.3 is 10.1 Å². The fourth-order valence-corrected chi connectivity index (χ4v) is 3.16. The Hall–Kier alpha value is -1.96. The molecule has 2 aromatic rings. The average molecular weight is 295 g/mol. The van der Waals surface area contributed by atoms with Crippen LogP contribution < -0.4 is 10.1 Å². The van der Waals surface area contributed by atoms with Crippen molar-refractivity contribution in [2.24, 2.45) is 5.92 Å². The molecule has 1 saturated carbocycles. The van der Waals surface area contributed by atoms with Crippen LogP contribution in [0.1, 0.15) is 38.5 Å². The molecule has 0 bridgehead atoms. The van der Waals surface area contributed by atoms with Gasteiger partial charge in [0.15, 0.2) is 0 Å². The lowest BCUT2D eigenvalue weighted by Crippen LogP contribution is -2.12. The van der Waals surface area contributed by atoms with Crippen molar-refractivity contribution in [2.75, 3.05) is 11.9 Å². The first-order valence-corrected chi connectivity index (χ1v) is 8.47. The first-order chi connectivity index (χ1) is 10.9. The van der Waals surface area contributed by atoms with Gasteiger partial charge >= 0.3 is 0 Å². The maximum atomic E-state index is 5.81. The second-order valence-corrected chi connectivity index (χ2v) is 6.16. The van der Waals surface area contributed by atoms with E-state index in [9.17, 15) is 0 Å². The highest BCUT2D eigenvalue weighted by atomic mass is 16.5. The molecule has 0 radical (unpaired) electrons. The van der Waals surface area contributed by atoms with Crippen LogP contribution in [0.4, 0.5) is 5.69 Å². The monoisotopic (exact) mass is 295 g/mol. The molecule has 2 heteroatoms. The maximum absolute atomic E-state index is 5.81. The van der Waals surface area contributed by atoms with Gasteiger partial charge in [-0.2, -0.15) is 0 Å². The summed E-state index contributed by atoms with van der Waals surface area (Å²) in [6.07, 6.45) is 8.43. The molecule has 1 aliphatic carbocycles. The number of hydrogen-bond donors (Lipinski definition) is 1. The molecule has 1 N–H and O–H groups in total. The zero-order valence-electron chi connectivity index (χ0n) is 13.1. The SMILES string of the molecule is c1ccc(Oc2ccc(NCCC3CCCCC3)cc2)cc1. The van der Waals surface area contributed by atoms with Gasteiger partial charge in [0.2, 0.25) is 0 Å². The summed E-state index contributed by atoms with van der Waals surface area (Å²) in [6.45, 7) is 1.07. The van der Waals surface area contributed by atoms with Crippen LogP contribution in [0.15, 0.2) is 54.6 Å². The summed E-state index contributed by atoms with van der Waals surface area (Å²) in [5, 5.41) is 3.53. The first-order valence-electron chi connectivity index (χ1n) is 8.47. The largest absolute Gasteiger partial charge is 0.457 e. The van der Waals surface area contributed by atoms with Crippen LogP contribution in [0.5, 0.6) is 11.5 Å². The highest BCUT2D eigenvalue weighted by Gasteiger charge is 2.12. The van der Waals surface area contributed by atoms with Gasteiger partial charge in [0.25, 0.3) is 0 Å². The van der Waals surface area contributed by atoms with Crippen molar-refractivity contribution in [1.82, 2.24) is 0 Å². The molecule has 0 amide bonds. The molecule has 0 atom stereocenters. The normalized spacial score (nSPS) is 15.5. The Bertz CT molecular complexity index is 544. The third-order valence-corrected chi connectivity index (χ3v) is 4.44. The lowest BCUT2D eigenvalue weighted by Gasteiger charge is -2.21. The minimum atomic E-state index is 0.875. The standard InChI is InChI=1S/C20H25NO/c1-3-7-17(8-4-1)15-16-21-18-11-13-20(14-12-18)22-19-9-5-2-6-10-19/h2,5-6,9-14,17,21H,1,3-4,7-8,15-16H2. The number of nitrogens with one attached hydrogen (secondary N) is 1. The van der Waals surface area contributed by atoms with Crippen molar-refractivity contribution in [3.63, 3.8) is 0 Å². The molecule has 116 valence electrons. The predicted molar refractivity (Wildman–Crippen MR) is 92.6 cm³/mol. The summed E-state index contributed by atoms with van der Waals surface area (Å²) in [6, 6.07) is 18.1. The minimum Gasteiger partial charge on any atom is -0.457 e. The van der Waals surface area contributed by atoms with Crippen molar-refractivity contribution in [3.8, 4) is 11.5 Å². The molecule has 0 heterocycles. The lowest BCUT2D eigenvalue weighted by atomic mass is 9.87. The van der Waals surface area contributed by atoms with Gasteiger partial charge in [0.05, 0.1) is 0 Å². The molecule has 22 heavy (non-hydrogen) atoms. The van der Waals surface area contributed by atoms with Crippen LogP contribution in [-0.2, 0) is 0 Å². The van der Waals surface area contributed by atoms with E-state index in [0.29, 0.717) is 0 Å². The van der Waals surface area contributed by atoms with Crippen LogP contribution in [-0.4, -0.2) is 6.54 Å². The second kappa shape index (κ2) is 7.88. The summed E-state index contributed by atoms with van der Waals surface area (Å²) in [5.41, 5.74) is 1.18. The third kappa shape index (κ3) is 4.52. The smallest absolute Gasteiger partial charge is 0.127 e. The van der Waals surface area contributed by atoms with Crippen LogP contribution >= 0.6 is 0 Å². The Morgan fingerprint density at radius 1 is 0.818 bits per heavy atom. The lowest BCUT2D eigenvalue weighted by molar-refractivity contribution is 0.345. The molecule has 3 rings (SSSR count). The topological polar surface area (TPSA) is 21.3 Å². The van der Waals surface area contributed by atoms with Crippen molar-refractivity contribution >= 4 is 5.69 Å². The zero-order valence-corrected chi connectivity index (χ0v) is 13.1. The zero-order chi connectivity index (χ0) is 15.0. The molecule has 0 aliphatic heterocycles. The van der Waals surface area contributed by atoms with Gasteiger partial charge in [0.1, 0.15) is 11.5 Å². The van der Waals surface area contributed by atoms with Gasteiger partial charge in [-0.05, 0) is 48.7 Å². The van der Waals surface area contributed by atoms with Crippen LogP contribution in [0.2, 0.25) is 0 Å². The Labute approximate surface area is 133 Å². The fraction of sp³-hybridized carbons (Fsp3) is 0.400. The summed E-state index contributed by atoms with van der Waals surface area (Å²) >= 11 is 0. The fourth-order valence-electron chi connectivity index (χ4n) is 3.16. The Balaban J connectivity index is 1.45. The molecule has 0 spiro atoms. The van der Waals surface area contributed by atoms with Crippen LogP contribution in [0, 0.1) is 5.92 Å². The van der Waals surface area contributed by atoms with E-state index in [4.69, 9.17) is 4.74 Å². The van der Waals surface area contributed by atoms with E-state index >= 15 is 0 Å². The number of anilines is 1. The maximum Gasteiger partial charge on any atom is 0.127 e. The summed E-state index contributed by atoms with van der Waals surface area (Å²) < 4.78 is 5.81. The van der Waals surface area contributed by atoms with Crippen molar-refractivity contribution in [2.45, 2.75) is 38.5 Å². The summed E-state index contributed by atoms with van der Waals surface area (Å²) in [4.78, 5) is 0. The molecule has 1 fully saturated rings. The molecule has 1 aliphatic rings. The van der Waals surface area contributed by atoms with E-state index in [-0.39, 0.29) is 0 Å².